The van der Waals surface area contributed by atoms with Crippen molar-refractivity contribution in [3.63, 3.8) is 0 Å². The van der Waals surface area contributed by atoms with Gasteiger partial charge in [0.1, 0.15) is 0 Å². The maximum absolute atomic E-state index is 13.6. The van der Waals surface area contributed by atoms with Gasteiger partial charge in [-0.25, -0.2) is 4.79 Å². The molecular formula is C47H67NO5. The van der Waals surface area contributed by atoms with Crippen LogP contribution in [0.5, 0.6) is 0 Å². The fourth-order valence-electron chi connectivity index (χ4n) is 12.0. The van der Waals surface area contributed by atoms with Gasteiger partial charge >= 0.3 is 11.9 Å². The Morgan fingerprint density at radius 2 is 1.40 bits per heavy atom. The minimum Gasteiger partial charge on any atom is -0.481 e. The predicted octanol–water partition coefficient (Wildman–Crippen LogP) is 10.4. The third kappa shape index (κ3) is 8.95. The molecule has 290 valence electrons. The first-order chi connectivity index (χ1) is 25.3. The number of hydrogen-bond donors (Lipinski definition) is 3. The number of benzene rings is 1. The summed E-state index contributed by atoms with van der Waals surface area (Å²) in [6.45, 7) is 19.5. The molecule has 6 nitrogen and oxygen atoms in total. The molecule has 5 aliphatic rings. The maximum atomic E-state index is 13.6. The molecule has 0 spiro atoms. The van der Waals surface area contributed by atoms with E-state index in [-0.39, 0.29) is 40.5 Å². The number of carbonyl (C=O) groups is 3. The molecule has 8 atom stereocenters. The molecule has 0 bridgehead atoms. The molecule has 1 aromatic rings. The van der Waals surface area contributed by atoms with Crippen molar-refractivity contribution in [2.75, 3.05) is 6.54 Å². The van der Waals surface area contributed by atoms with Crippen LogP contribution in [0.2, 0.25) is 0 Å². The zero-order valence-electron chi connectivity index (χ0n) is 33.6. The molecule has 0 saturated heterocycles. The standard InChI is InChI=1S/C36H49NO5.C3H6.C2H6.3C2H2/c1-33(2)25(22-7-9-23(10-8-22)31(40)41)13-18-35(4)28(33)15-19-34(3)26-14-20-36(32(42)37-21-16-30(38)39)17-5-6-27(36)24(26)11-12-29(34)35;1-3-2;4*1-2/h7-10,13,24,26-29H,5-6,11-12,14-21H2,1-4H3,(H,37,42)(H,38,39)(H,40,41);3H,1H2,2H3;1-2H3;3*1-2H/t24-,26?,27?,28?,29?,34-,35-,36-;;;;;/m0...../s1. The lowest BCUT2D eigenvalue weighted by Crippen LogP contribution is -2.62. The van der Waals surface area contributed by atoms with E-state index in [9.17, 15) is 19.5 Å². The smallest absolute Gasteiger partial charge is 0.335 e. The molecule has 0 radical (unpaired) electrons. The van der Waals surface area contributed by atoms with Gasteiger partial charge in [0.15, 0.2) is 0 Å². The highest BCUT2D eigenvalue weighted by molar-refractivity contribution is 5.88. The van der Waals surface area contributed by atoms with E-state index < -0.39 is 11.9 Å². The van der Waals surface area contributed by atoms with Crippen molar-refractivity contribution in [1.29, 1.82) is 0 Å². The van der Waals surface area contributed by atoms with Crippen LogP contribution in [0.4, 0.5) is 0 Å². The summed E-state index contributed by atoms with van der Waals surface area (Å²) >= 11 is 0. The van der Waals surface area contributed by atoms with Crippen molar-refractivity contribution in [2.24, 2.45) is 51.2 Å². The van der Waals surface area contributed by atoms with E-state index in [4.69, 9.17) is 5.11 Å². The normalized spacial score (nSPS) is 32.2. The topological polar surface area (TPSA) is 104 Å². The highest BCUT2D eigenvalue weighted by Gasteiger charge is 2.66. The molecule has 1 aromatic carbocycles. The predicted molar refractivity (Wildman–Crippen MR) is 220 cm³/mol. The second-order valence-corrected chi connectivity index (χ2v) is 15.9. The Morgan fingerprint density at radius 1 is 0.811 bits per heavy atom. The molecular weight excluding hydrogens is 659 g/mol. The number of carboxylic acids is 2. The van der Waals surface area contributed by atoms with Gasteiger partial charge in [-0.3, -0.25) is 9.59 Å². The largest absolute Gasteiger partial charge is 0.481 e. The average Bonchev–Trinajstić information content (AvgIpc) is 3.61. The third-order valence-electron chi connectivity index (χ3n) is 13.6. The molecule has 6 rings (SSSR count). The van der Waals surface area contributed by atoms with Crippen molar-refractivity contribution >= 4 is 23.4 Å². The van der Waals surface area contributed by atoms with Gasteiger partial charge in [-0.05, 0) is 134 Å². The van der Waals surface area contributed by atoms with E-state index in [1.165, 1.54) is 31.3 Å². The first kappa shape index (κ1) is 46.8. The number of fused-ring (bicyclic) bond motifs is 7. The van der Waals surface area contributed by atoms with Crippen LogP contribution in [-0.4, -0.2) is 34.6 Å². The van der Waals surface area contributed by atoms with E-state index in [2.05, 4.69) is 84.2 Å². The summed E-state index contributed by atoms with van der Waals surface area (Å²) < 4.78 is 0. The summed E-state index contributed by atoms with van der Waals surface area (Å²) in [6, 6.07) is 7.46. The third-order valence-corrected chi connectivity index (χ3v) is 13.6. The number of aliphatic carboxylic acids is 1. The summed E-state index contributed by atoms with van der Waals surface area (Å²) in [5.41, 5.74) is 3.02. The van der Waals surface area contributed by atoms with E-state index >= 15 is 0 Å². The molecule has 4 fully saturated rings. The van der Waals surface area contributed by atoms with Crippen LogP contribution < -0.4 is 5.32 Å². The van der Waals surface area contributed by atoms with E-state index in [1.807, 2.05) is 32.9 Å². The molecule has 4 unspecified atom stereocenters. The number of rotatable bonds is 6. The van der Waals surface area contributed by atoms with Crippen LogP contribution in [0.25, 0.3) is 5.57 Å². The highest BCUT2D eigenvalue weighted by Crippen LogP contribution is 2.73. The lowest BCUT2D eigenvalue weighted by atomic mass is 9.36. The van der Waals surface area contributed by atoms with Crippen LogP contribution in [-0.2, 0) is 9.59 Å². The molecule has 1 amide bonds. The summed E-state index contributed by atoms with van der Waals surface area (Å²) in [5.74, 6) is 1.24. The van der Waals surface area contributed by atoms with Crippen LogP contribution in [0.15, 0.2) is 43.0 Å². The van der Waals surface area contributed by atoms with Gasteiger partial charge in [0, 0.05) is 6.54 Å². The highest BCUT2D eigenvalue weighted by atomic mass is 16.4. The van der Waals surface area contributed by atoms with E-state index in [1.54, 1.807) is 18.2 Å². The molecule has 4 saturated carbocycles. The minimum absolute atomic E-state index is 0.00285. The Morgan fingerprint density at radius 3 is 1.94 bits per heavy atom. The molecule has 0 aromatic heterocycles. The number of allylic oxidation sites excluding steroid dienone is 3. The monoisotopic (exact) mass is 726 g/mol. The first-order valence-electron chi connectivity index (χ1n) is 19.4. The Bertz CT molecular complexity index is 1470. The zero-order valence-corrected chi connectivity index (χ0v) is 33.6. The van der Waals surface area contributed by atoms with Crippen molar-refractivity contribution in [3.05, 3.63) is 54.1 Å². The fraction of sp³-hybridized carbons (Fsp3) is 0.596. The zero-order chi connectivity index (χ0) is 40.8. The molecule has 5 aliphatic carbocycles. The van der Waals surface area contributed by atoms with Gasteiger partial charge in [-0.2, -0.15) is 0 Å². The Labute approximate surface area is 322 Å². The lowest BCUT2D eigenvalue weighted by Gasteiger charge is -2.68. The van der Waals surface area contributed by atoms with Crippen LogP contribution in [0, 0.1) is 89.8 Å². The van der Waals surface area contributed by atoms with Crippen molar-refractivity contribution < 1.29 is 24.6 Å². The van der Waals surface area contributed by atoms with Gasteiger partial charge < -0.3 is 15.5 Å². The number of amides is 1. The minimum atomic E-state index is -0.885. The van der Waals surface area contributed by atoms with Gasteiger partial charge in [0.2, 0.25) is 5.91 Å². The van der Waals surface area contributed by atoms with Crippen molar-refractivity contribution in [3.8, 4) is 38.5 Å². The van der Waals surface area contributed by atoms with E-state index in [0.29, 0.717) is 35.2 Å². The number of aromatic carboxylic acids is 1. The fourth-order valence-corrected chi connectivity index (χ4v) is 12.0. The number of carbonyl (C=O) groups excluding carboxylic acids is 1. The average molecular weight is 726 g/mol. The number of carboxylic acid groups (broad SMARTS) is 2. The number of terminal acetylenes is 3. The second kappa shape index (κ2) is 20.3. The summed E-state index contributed by atoms with van der Waals surface area (Å²) in [5, 5.41) is 21.5. The van der Waals surface area contributed by atoms with Crippen molar-refractivity contribution in [2.45, 2.75) is 119 Å². The van der Waals surface area contributed by atoms with Gasteiger partial charge in [0.25, 0.3) is 0 Å². The number of nitrogens with one attached hydrogen (secondary N) is 1. The number of hydrogen-bond acceptors (Lipinski definition) is 3. The SMILES string of the molecule is C#C.C#C.C#C.C=CC.CC.CC1(C)C(c2ccc(C(=O)O)cc2)=CC[C@@]2(C)C1CC[C@@]1(C)C3CC[C@@]4(C(=O)NCCC(=O)O)CCCC4[C@H]3CCC12. The summed E-state index contributed by atoms with van der Waals surface area (Å²) in [6.07, 6.45) is 39.4. The Balaban J connectivity index is 0.00000116. The van der Waals surface area contributed by atoms with Crippen LogP contribution in [0.3, 0.4) is 0 Å². The molecule has 3 N–H and O–H groups in total. The quantitative estimate of drug-likeness (QED) is 0.200. The van der Waals surface area contributed by atoms with Gasteiger partial charge in [0.05, 0.1) is 17.4 Å². The second-order valence-electron chi connectivity index (χ2n) is 15.9. The molecule has 6 heteroatoms. The van der Waals surface area contributed by atoms with Crippen LogP contribution >= 0.6 is 0 Å². The molecule has 53 heavy (non-hydrogen) atoms. The van der Waals surface area contributed by atoms with E-state index in [0.717, 1.165) is 44.1 Å². The summed E-state index contributed by atoms with van der Waals surface area (Å²) in [7, 11) is 0. The van der Waals surface area contributed by atoms with Gasteiger partial charge in [-0.15, -0.1) is 45.1 Å². The molecule has 0 aliphatic heterocycles. The molecule has 0 heterocycles. The van der Waals surface area contributed by atoms with Crippen LogP contribution in [0.1, 0.15) is 135 Å². The Kier molecular flexibility index (Phi) is 17.9. The first-order valence-corrected chi connectivity index (χ1v) is 19.4. The lowest BCUT2D eigenvalue weighted by molar-refractivity contribution is -0.181. The van der Waals surface area contributed by atoms with Gasteiger partial charge in [-0.1, -0.05) is 72.2 Å². The van der Waals surface area contributed by atoms with Crippen molar-refractivity contribution in [1.82, 2.24) is 5.32 Å². The Hall–Kier alpha value is -4.21. The maximum Gasteiger partial charge on any atom is 0.335 e. The summed E-state index contributed by atoms with van der Waals surface area (Å²) in [4.78, 5) is 36.1.